The van der Waals surface area contributed by atoms with Crippen LogP contribution in [0, 0.1) is 13.8 Å². The lowest BCUT2D eigenvalue weighted by molar-refractivity contribution is 1.04. The average Bonchev–Trinajstić information content (AvgIpc) is 2.40. The van der Waals surface area contributed by atoms with E-state index in [2.05, 4.69) is 56.1 Å². The second kappa shape index (κ2) is 4.74. The number of hydrogen-bond donors (Lipinski definition) is 0. The molecule has 19 heavy (non-hydrogen) atoms. The molecule has 3 rings (SSSR count). The highest BCUT2D eigenvalue weighted by molar-refractivity contribution is 7.21. The predicted octanol–water partition coefficient (Wildman–Crippen LogP) is 3.94. The monoisotopic (exact) mass is 268 g/mol. The van der Waals surface area contributed by atoms with Gasteiger partial charge in [0.15, 0.2) is 0 Å². The van der Waals surface area contributed by atoms with Crippen LogP contribution in [0.4, 0.5) is 0 Å². The lowest BCUT2D eigenvalue weighted by atomic mass is 10.1. The summed E-state index contributed by atoms with van der Waals surface area (Å²) in [5.74, 6) is 0. The van der Waals surface area contributed by atoms with E-state index in [1.165, 1.54) is 20.7 Å². The molecular weight excluding hydrogens is 252 g/mol. The molecule has 1 aromatic rings. The minimum Gasteiger partial charge on any atom is -0.283 e. The van der Waals surface area contributed by atoms with E-state index in [9.17, 15) is 0 Å². The van der Waals surface area contributed by atoms with Gasteiger partial charge in [-0.15, -0.1) is 11.3 Å². The van der Waals surface area contributed by atoms with Gasteiger partial charge in [0.05, 0.1) is 20.5 Å². The van der Waals surface area contributed by atoms with E-state index >= 15 is 0 Å². The Morgan fingerprint density at radius 1 is 1.16 bits per heavy atom. The molecule has 0 spiro atoms. The van der Waals surface area contributed by atoms with Crippen LogP contribution >= 0.6 is 11.3 Å². The van der Waals surface area contributed by atoms with Crippen molar-refractivity contribution >= 4 is 21.6 Å². The third kappa shape index (κ3) is 2.15. The van der Waals surface area contributed by atoms with Gasteiger partial charge in [-0.1, -0.05) is 12.1 Å². The van der Waals surface area contributed by atoms with Gasteiger partial charge < -0.3 is 0 Å². The fraction of sp³-hybridized carbons (Fsp3) is 0.250. The van der Waals surface area contributed by atoms with Gasteiger partial charge in [0.2, 0.25) is 0 Å². The van der Waals surface area contributed by atoms with E-state index in [4.69, 9.17) is 4.98 Å². The van der Waals surface area contributed by atoms with Gasteiger partial charge >= 0.3 is 0 Å². The van der Waals surface area contributed by atoms with E-state index in [1.807, 2.05) is 0 Å². The summed E-state index contributed by atoms with van der Waals surface area (Å²) in [6.07, 6.45) is 0. The Kier molecular flexibility index (Phi) is 3.07. The third-order valence-electron chi connectivity index (χ3n) is 3.20. The van der Waals surface area contributed by atoms with E-state index in [-0.39, 0.29) is 0 Å². The van der Waals surface area contributed by atoms with Crippen molar-refractivity contribution in [2.75, 3.05) is 6.54 Å². The number of rotatable bonds is 1. The molecule has 0 unspecified atom stereocenters. The molecule has 0 amide bonds. The summed E-state index contributed by atoms with van der Waals surface area (Å²) in [4.78, 5) is 10.6. The van der Waals surface area contributed by atoms with Crippen molar-refractivity contribution in [3.63, 3.8) is 0 Å². The summed E-state index contributed by atoms with van der Waals surface area (Å²) >= 11 is 1.79. The molecule has 0 bridgehead atoms. The molecule has 3 heteroatoms. The molecule has 0 saturated heterocycles. The fourth-order valence-electron chi connectivity index (χ4n) is 2.25. The van der Waals surface area contributed by atoms with Crippen LogP contribution in [0.25, 0.3) is 20.8 Å². The number of aryl methyl sites for hydroxylation is 2. The third-order valence-corrected chi connectivity index (χ3v) is 4.31. The largest absolute Gasteiger partial charge is 0.283 e. The first kappa shape index (κ1) is 12.3. The molecule has 0 saturated carbocycles. The Morgan fingerprint density at radius 2 is 2.00 bits per heavy atom. The Labute approximate surface area is 116 Å². The van der Waals surface area contributed by atoms with Crippen LogP contribution in [-0.4, -0.2) is 11.5 Å². The quantitative estimate of drug-likeness (QED) is 0.614. The van der Waals surface area contributed by atoms with E-state index in [0.29, 0.717) is 0 Å². The highest BCUT2D eigenvalue weighted by Gasteiger charge is 2.10. The minimum atomic E-state index is 0.790. The molecule has 0 atom stereocenters. The van der Waals surface area contributed by atoms with Gasteiger partial charge in [0.25, 0.3) is 0 Å². The van der Waals surface area contributed by atoms with Gasteiger partial charge in [-0.05, 0) is 50.1 Å². The number of hydrogen-bond acceptors (Lipinski definition) is 3. The molecule has 1 heterocycles. The highest BCUT2D eigenvalue weighted by Crippen LogP contribution is 2.29. The van der Waals surface area contributed by atoms with Crippen molar-refractivity contribution < 1.29 is 0 Å². The first-order chi connectivity index (χ1) is 9.19. The topological polar surface area (TPSA) is 25.2 Å². The van der Waals surface area contributed by atoms with Crippen LogP contribution in [-0.2, 0) is 0 Å². The zero-order valence-corrected chi connectivity index (χ0v) is 12.2. The van der Waals surface area contributed by atoms with Crippen LogP contribution < -0.4 is 5.36 Å². The maximum absolute atomic E-state index is 4.83. The Morgan fingerprint density at radius 3 is 2.79 bits per heavy atom. The summed E-state index contributed by atoms with van der Waals surface area (Å²) in [6.45, 7) is 7.05. The maximum atomic E-state index is 4.83. The fourth-order valence-corrected chi connectivity index (χ4v) is 3.21. The lowest BCUT2D eigenvalue weighted by Gasteiger charge is -2.09. The van der Waals surface area contributed by atoms with Crippen LogP contribution in [0.5, 0.6) is 0 Å². The summed E-state index contributed by atoms with van der Waals surface area (Å²) < 4.78 is 1.23. The second-order valence-electron chi connectivity index (χ2n) is 4.74. The van der Waals surface area contributed by atoms with Crippen LogP contribution in [0.2, 0.25) is 0 Å². The number of nitrogens with zero attached hydrogens (tertiary/aromatic N) is 2. The second-order valence-corrected chi connectivity index (χ2v) is 5.82. The Balaban J connectivity index is 2.46. The molecule has 0 fully saturated rings. The standard InChI is InChI=1S/C16H16N2S/c1-4-17-15-11(3)6-8-14-16(15)18-12-9-10(2)5-7-13(12)19-14/h5-9H,4H2,1-3H3. The first-order valence-electron chi connectivity index (χ1n) is 6.50. The maximum Gasteiger partial charge on any atom is 0.106 e. The van der Waals surface area contributed by atoms with E-state index < -0.39 is 0 Å². The van der Waals surface area contributed by atoms with Gasteiger partial charge in [-0.25, -0.2) is 4.98 Å². The molecule has 1 aromatic carbocycles. The smallest absolute Gasteiger partial charge is 0.106 e. The van der Waals surface area contributed by atoms with Gasteiger partial charge in [0, 0.05) is 6.54 Å². The summed E-state index contributed by atoms with van der Waals surface area (Å²) in [5.41, 5.74) is 4.54. The lowest BCUT2D eigenvalue weighted by Crippen LogP contribution is -2.13. The molecule has 2 aliphatic rings. The van der Waals surface area contributed by atoms with Gasteiger partial charge in [-0.2, -0.15) is 0 Å². The van der Waals surface area contributed by atoms with Crippen LogP contribution in [0.1, 0.15) is 18.1 Å². The number of aromatic nitrogens is 1. The Hall–Kier alpha value is -1.74. The van der Waals surface area contributed by atoms with Crippen LogP contribution in [0.3, 0.4) is 0 Å². The highest BCUT2D eigenvalue weighted by atomic mass is 32.1. The van der Waals surface area contributed by atoms with Crippen molar-refractivity contribution in [3.05, 3.63) is 46.8 Å². The molecule has 1 aliphatic carbocycles. The van der Waals surface area contributed by atoms with Crippen molar-refractivity contribution in [1.82, 2.24) is 4.98 Å². The molecule has 2 nitrogen and oxygen atoms in total. The van der Waals surface area contributed by atoms with Crippen molar-refractivity contribution in [3.8, 4) is 10.6 Å². The normalized spacial score (nSPS) is 12.5. The Bertz CT molecular complexity index is 787. The van der Waals surface area contributed by atoms with Crippen LogP contribution in [0.15, 0.2) is 35.3 Å². The molecule has 0 aromatic heterocycles. The van der Waals surface area contributed by atoms with Crippen molar-refractivity contribution in [2.45, 2.75) is 20.8 Å². The van der Waals surface area contributed by atoms with Crippen molar-refractivity contribution in [1.29, 1.82) is 0 Å². The predicted molar refractivity (Wildman–Crippen MR) is 81.8 cm³/mol. The van der Waals surface area contributed by atoms with Gasteiger partial charge in [-0.3, -0.25) is 4.99 Å². The first-order valence-corrected chi connectivity index (χ1v) is 7.32. The molecule has 1 aliphatic heterocycles. The zero-order valence-electron chi connectivity index (χ0n) is 11.4. The molecule has 0 radical (unpaired) electrons. The minimum absolute atomic E-state index is 0.790. The summed E-state index contributed by atoms with van der Waals surface area (Å²) in [6, 6.07) is 10.7. The average molecular weight is 268 g/mol. The SMILES string of the molecule is CCN=c1c(C)ccc2sc3ccc(C)cc3nc1-2. The van der Waals surface area contributed by atoms with Crippen molar-refractivity contribution in [2.24, 2.45) is 4.99 Å². The van der Waals surface area contributed by atoms with E-state index in [1.54, 1.807) is 11.3 Å². The van der Waals surface area contributed by atoms with E-state index in [0.717, 1.165) is 23.1 Å². The molecular formula is C16H16N2S. The molecule has 0 N–H and O–H groups in total. The number of fused-ring (bicyclic) bond motifs is 2. The van der Waals surface area contributed by atoms with Gasteiger partial charge in [0.1, 0.15) is 5.69 Å². The number of benzene rings is 2. The summed E-state index contributed by atoms with van der Waals surface area (Å²) in [5, 5.41) is 1.04. The zero-order chi connectivity index (χ0) is 13.4. The molecule has 96 valence electrons. The summed E-state index contributed by atoms with van der Waals surface area (Å²) in [7, 11) is 0.